The molecule has 0 aliphatic carbocycles. The van der Waals surface area contributed by atoms with Crippen LogP contribution in [0.2, 0.25) is 0 Å². The van der Waals surface area contributed by atoms with Crippen LogP contribution in [0.1, 0.15) is 29.5 Å². The second-order valence-corrected chi connectivity index (χ2v) is 5.06. The van der Waals surface area contributed by atoms with Crippen LogP contribution >= 0.6 is 0 Å². The summed E-state index contributed by atoms with van der Waals surface area (Å²) >= 11 is 0. The van der Waals surface area contributed by atoms with Crippen molar-refractivity contribution in [3.8, 4) is 11.3 Å². The third kappa shape index (κ3) is 5.23. The lowest BCUT2D eigenvalue weighted by Crippen LogP contribution is -2.15. The topological polar surface area (TPSA) is 60.7 Å². The van der Waals surface area contributed by atoms with E-state index in [9.17, 15) is 4.79 Å². The Hall–Kier alpha value is -2.11. The van der Waals surface area contributed by atoms with Gasteiger partial charge in [-0.3, -0.25) is 0 Å². The van der Waals surface area contributed by atoms with Crippen LogP contribution in [0.4, 0.5) is 0 Å². The average Bonchev–Trinajstić information content (AvgIpc) is 3.06. The molecule has 0 fully saturated rings. The predicted molar refractivity (Wildman–Crippen MR) is 88.3 cm³/mol. The van der Waals surface area contributed by atoms with E-state index in [1.54, 1.807) is 12.1 Å². The molecule has 0 radical (unpaired) electrons. The highest BCUT2D eigenvalue weighted by atomic mass is 16.5. The first-order chi connectivity index (χ1) is 11.2. The fraction of sp³-hybridized carbons (Fsp3) is 0.389. The molecule has 5 heteroatoms. The average molecular weight is 317 g/mol. The number of carbonyl (C=O) groups is 1. The lowest BCUT2D eigenvalue weighted by Gasteiger charge is -2.03. The minimum atomic E-state index is -0.340. The number of rotatable bonds is 9. The number of nitrogens with one attached hydrogen (secondary N) is 1. The van der Waals surface area contributed by atoms with E-state index >= 15 is 0 Å². The van der Waals surface area contributed by atoms with Gasteiger partial charge in [-0.05, 0) is 44.2 Å². The summed E-state index contributed by atoms with van der Waals surface area (Å²) in [4.78, 5) is 11.4. The standard InChI is InChI=1S/C18H23NO4/c1-3-22-12-4-11-19-13-16-9-10-17(23-16)14-5-7-15(8-6-14)18(20)21-2/h5-10,19H,3-4,11-13H2,1-2H3. The third-order valence-corrected chi connectivity index (χ3v) is 3.40. The number of ether oxygens (including phenoxy) is 2. The molecule has 0 saturated carbocycles. The second-order valence-electron chi connectivity index (χ2n) is 5.06. The van der Waals surface area contributed by atoms with E-state index in [1.807, 2.05) is 31.2 Å². The van der Waals surface area contributed by atoms with Crippen LogP contribution in [0, 0.1) is 0 Å². The molecule has 0 aliphatic heterocycles. The smallest absolute Gasteiger partial charge is 0.337 e. The van der Waals surface area contributed by atoms with E-state index in [0.29, 0.717) is 12.1 Å². The largest absolute Gasteiger partial charge is 0.465 e. The molecule has 5 nitrogen and oxygen atoms in total. The molecule has 1 aromatic carbocycles. The lowest BCUT2D eigenvalue weighted by atomic mass is 10.1. The molecule has 0 aliphatic rings. The predicted octanol–water partition coefficient (Wildman–Crippen LogP) is 3.25. The quantitative estimate of drug-likeness (QED) is 0.568. The SMILES string of the molecule is CCOCCCNCc1ccc(-c2ccc(C(=O)OC)cc2)o1. The van der Waals surface area contributed by atoms with E-state index < -0.39 is 0 Å². The highest BCUT2D eigenvalue weighted by Gasteiger charge is 2.08. The van der Waals surface area contributed by atoms with Crippen molar-refractivity contribution in [1.82, 2.24) is 5.32 Å². The Labute approximate surface area is 136 Å². The minimum absolute atomic E-state index is 0.340. The summed E-state index contributed by atoms with van der Waals surface area (Å²) in [6.07, 6.45) is 0.983. The van der Waals surface area contributed by atoms with Gasteiger partial charge in [0.05, 0.1) is 19.2 Å². The van der Waals surface area contributed by atoms with E-state index in [2.05, 4.69) is 10.1 Å². The number of esters is 1. The zero-order valence-electron chi connectivity index (χ0n) is 13.6. The van der Waals surface area contributed by atoms with Crippen LogP contribution in [-0.2, 0) is 16.0 Å². The van der Waals surface area contributed by atoms with Crippen LogP contribution in [0.25, 0.3) is 11.3 Å². The maximum atomic E-state index is 11.4. The first-order valence-electron chi connectivity index (χ1n) is 7.80. The van der Waals surface area contributed by atoms with Gasteiger partial charge in [0.1, 0.15) is 11.5 Å². The van der Waals surface area contributed by atoms with Crippen molar-refractivity contribution in [3.63, 3.8) is 0 Å². The van der Waals surface area contributed by atoms with Crippen LogP contribution in [0.3, 0.4) is 0 Å². The monoisotopic (exact) mass is 317 g/mol. The zero-order chi connectivity index (χ0) is 16.5. The first-order valence-corrected chi connectivity index (χ1v) is 7.80. The molecule has 124 valence electrons. The fourth-order valence-electron chi connectivity index (χ4n) is 2.17. The molecule has 0 atom stereocenters. The summed E-state index contributed by atoms with van der Waals surface area (Å²) in [5, 5.41) is 3.32. The van der Waals surface area contributed by atoms with Crippen molar-refractivity contribution in [2.24, 2.45) is 0 Å². The van der Waals surface area contributed by atoms with E-state index in [1.165, 1.54) is 7.11 Å². The maximum Gasteiger partial charge on any atom is 0.337 e. The molecule has 1 heterocycles. The summed E-state index contributed by atoms with van der Waals surface area (Å²) in [7, 11) is 1.37. The molecule has 0 spiro atoms. The Bertz CT molecular complexity index is 604. The summed E-state index contributed by atoms with van der Waals surface area (Å²) in [5.41, 5.74) is 1.46. The Morgan fingerprint density at radius 3 is 2.65 bits per heavy atom. The lowest BCUT2D eigenvalue weighted by molar-refractivity contribution is 0.0600. The van der Waals surface area contributed by atoms with Crippen LogP contribution in [-0.4, -0.2) is 32.8 Å². The van der Waals surface area contributed by atoms with Crippen molar-refractivity contribution >= 4 is 5.97 Å². The molecule has 2 aromatic rings. The summed E-state index contributed by atoms with van der Waals surface area (Å²) < 4.78 is 15.8. The van der Waals surface area contributed by atoms with Crippen molar-refractivity contribution in [2.45, 2.75) is 19.9 Å². The molecular weight excluding hydrogens is 294 g/mol. The Kier molecular flexibility index (Phi) is 6.84. The number of benzene rings is 1. The molecular formula is C18H23NO4. The molecule has 2 rings (SSSR count). The first kappa shape index (κ1) is 17.2. The van der Waals surface area contributed by atoms with Gasteiger partial charge >= 0.3 is 5.97 Å². The highest BCUT2D eigenvalue weighted by molar-refractivity contribution is 5.89. The summed E-state index contributed by atoms with van der Waals surface area (Å²) in [6, 6.07) is 11.1. The van der Waals surface area contributed by atoms with E-state index in [0.717, 1.165) is 43.3 Å². The Morgan fingerprint density at radius 1 is 1.17 bits per heavy atom. The third-order valence-electron chi connectivity index (χ3n) is 3.40. The number of hydrogen-bond donors (Lipinski definition) is 1. The van der Waals surface area contributed by atoms with Gasteiger partial charge in [-0.2, -0.15) is 0 Å². The Balaban J connectivity index is 1.85. The van der Waals surface area contributed by atoms with Gasteiger partial charge in [0.2, 0.25) is 0 Å². The summed E-state index contributed by atoms with van der Waals surface area (Å²) in [5.74, 6) is 1.33. The van der Waals surface area contributed by atoms with Crippen LogP contribution < -0.4 is 5.32 Å². The Morgan fingerprint density at radius 2 is 1.96 bits per heavy atom. The molecule has 0 amide bonds. The van der Waals surface area contributed by atoms with Gasteiger partial charge in [-0.1, -0.05) is 12.1 Å². The zero-order valence-corrected chi connectivity index (χ0v) is 13.6. The molecule has 0 bridgehead atoms. The van der Waals surface area contributed by atoms with Gasteiger partial charge in [-0.25, -0.2) is 4.79 Å². The number of furan rings is 1. The van der Waals surface area contributed by atoms with Crippen molar-refractivity contribution < 1.29 is 18.7 Å². The van der Waals surface area contributed by atoms with Crippen molar-refractivity contribution in [2.75, 3.05) is 26.9 Å². The second kappa shape index (κ2) is 9.12. The van der Waals surface area contributed by atoms with Gasteiger partial charge in [0.25, 0.3) is 0 Å². The van der Waals surface area contributed by atoms with Gasteiger partial charge in [-0.15, -0.1) is 0 Å². The van der Waals surface area contributed by atoms with Crippen molar-refractivity contribution in [3.05, 3.63) is 47.7 Å². The molecule has 0 unspecified atom stereocenters. The van der Waals surface area contributed by atoms with Crippen LogP contribution in [0.15, 0.2) is 40.8 Å². The number of methoxy groups -OCH3 is 1. The number of carbonyl (C=O) groups excluding carboxylic acids is 1. The van der Waals surface area contributed by atoms with Gasteiger partial charge in [0.15, 0.2) is 0 Å². The molecule has 1 aromatic heterocycles. The van der Waals surface area contributed by atoms with Gasteiger partial charge < -0.3 is 19.2 Å². The van der Waals surface area contributed by atoms with Gasteiger partial charge in [0, 0.05) is 18.8 Å². The van der Waals surface area contributed by atoms with E-state index in [-0.39, 0.29) is 5.97 Å². The summed E-state index contributed by atoms with van der Waals surface area (Å²) in [6.45, 7) is 5.11. The maximum absolute atomic E-state index is 11.4. The van der Waals surface area contributed by atoms with Crippen LogP contribution in [0.5, 0.6) is 0 Å². The number of hydrogen-bond acceptors (Lipinski definition) is 5. The normalized spacial score (nSPS) is 10.7. The van der Waals surface area contributed by atoms with E-state index in [4.69, 9.17) is 9.15 Å². The molecule has 1 N–H and O–H groups in total. The van der Waals surface area contributed by atoms with Crippen molar-refractivity contribution in [1.29, 1.82) is 0 Å². The molecule has 0 saturated heterocycles. The highest BCUT2D eigenvalue weighted by Crippen LogP contribution is 2.22. The molecule has 23 heavy (non-hydrogen) atoms. The fourth-order valence-corrected chi connectivity index (χ4v) is 2.17. The minimum Gasteiger partial charge on any atom is -0.465 e.